The Kier molecular flexibility index (Phi) is 3.26. The third-order valence-electron chi connectivity index (χ3n) is 2.50. The first-order chi connectivity index (χ1) is 8.63. The molecule has 0 bridgehead atoms. The average molecular weight is 249 g/mol. The number of amidine groups is 1. The highest BCUT2D eigenvalue weighted by molar-refractivity contribution is 5.93. The molecule has 0 saturated carbocycles. The van der Waals surface area contributed by atoms with Gasteiger partial charge >= 0.3 is 0 Å². The van der Waals surface area contributed by atoms with Gasteiger partial charge in [0.25, 0.3) is 0 Å². The zero-order chi connectivity index (χ0) is 13.1. The highest BCUT2D eigenvalue weighted by Crippen LogP contribution is 2.08. The Morgan fingerprint density at radius 1 is 1.50 bits per heavy atom. The van der Waals surface area contributed by atoms with Crippen molar-refractivity contribution in [2.24, 2.45) is 10.9 Å². The van der Waals surface area contributed by atoms with E-state index >= 15 is 0 Å². The van der Waals surface area contributed by atoms with Gasteiger partial charge in [-0.2, -0.15) is 5.10 Å². The monoisotopic (exact) mass is 249 g/mol. The molecule has 0 aliphatic carbocycles. The summed E-state index contributed by atoms with van der Waals surface area (Å²) in [5, 5.41) is 15.8. The molecule has 0 radical (unpaired) electrons. The van der Waals surface area contributed by atoms with Gasteiger partial charge in [0.1, 0.15) is 12.2 Å². The van der Waals surface area contributed by atoms with Crippen molar-refractivity contribution in [2.75, 3.05) is 0 Å². The fraction of sp³-hybridized carbons (Fsp3) is 0.400. The Hall–Kier alpha value is -2.38. The quantitative estimate of drug-likeness (QED) is 0.348. The first-order valence-corrected chi connectivity index (χ1v) is 5.51. The lowest BCUT2D eigenvalue weighted by molar-refractivity contribution is 0.318. The number of oxime groups is 1. The molecule has 2 aromatic heterocycles. The summed E-state index contributed by atoms with van der Waals surface area (Å²) in [7, 11) is 0. The molecule has 8 nitrogen and oxygen atoms in total. The number of nitrogens with zero attached hydrogens (tertiary/aromatic N) is 6. The molecule has 0 spiro atoms. The molecule has 2 aromatic rings. The van der Waals surface area contributed by atoms with Gasteiger partial charge in [0, 0.05) is 18.4 Å². The van der Waals surface area contributed by atoms with Crippen molar-refractivity contribution >= 4 is 5.84 Å². The molecule has 0 atom stereocenters. The maximum absolute atomic E-state index is 8.68. The third kappa shape index (κ3) is 2.17. The van der Waals surface area contributed by atoms with Crippen molar-refractivity contribution in [3.8, 4) is 0 Å². The van der Waals surface area contributed by atoms with Crippen LogP contribution in [0.2, 0.25) is 0 Å². The molecule has 0 saturated heterocycles. The minimum absolute atomic E-state index is 0.0318. The van der Waals surface area contributed by atoms with Gasteiger partial charge in [-0.15, -0.1) is 0 Å². The normalized spacial score (nSPS) is 12.3. The van der Waals surface area contributed by atoms with Crippen LogP contribution in [0.3, 0.4) is 0 Å². The van der Waals surface area contributed by atoms with Crippen molar-refractivity contribution < 1.29 is 5.21 Å². The van der Waals surface area contributed by atoms with Gasteiger partial charge in [0.05, 0.1) is 6.54 Å². The molecule has 96 valence electrons. The molecular formula is C10H15N7O. The molecule has 3 N–H and O–H groups in total. The first kappa shape index (κ1) is 12.1. The molecular weight excluding hydrogens is 234 g/mol. The van der Waals surface area contributed by atoms with Gasteiger partial charge in [-0.3, -0.25) is 0 Å². The van der Waals surface area contributed by atoms with E-state index in [1.165, 1.54) is 6.33 Å². The van der Waals surface area contributed by atoms with E-state index in [9.17, 15) is 0 Å². The van der Waals surface area contributed by atoms with Crippen LogP contribution < -0.4 is 5.73 Å². The van der Waals surface area contributed by atoms with Crippen LogP contribution in [0, 0.1) is 0 Å². The molecule has 0 aliphatic heterocycles. The van der Waals surface area contributed by atoms with Gasteiger partial charge in [0.15, 0.2) is 5.82 Å². The average Bonchev–Trinajstić information content (AvgIpc) is 2.97. The minimum Gasteiger partial charge on any atom is -0.409 e. The standard InChI is InChI=1S/C10H15N7O/c1-7(2)17-8(13-6-14-17)5-16-4-3-12-10(16)9(11)15-18/h3-4,6-7,18H,5H2,1-2H3,(H2,11,15). The van der Waals surface area contributed by atoms with E-state index in [1.54, 1.807) is 17.0 Å². The van der Waals surface area contributed by atoms with Crippen molar-refractivity contribution in [1.29, 1.82) is 0 Å². The van der Waals surface area contributed by atoms with E-state index in [0.717, 1.165) is 5.82 Å². The second-order valence-electron chi connectivity index (χ2n) is 4.08. The zero-order valence-corrected chi connectivity index (χ0v) is 10.2. The summed E-state index contributed by atoms with van der Waals surface area (Å²) in [5.41, 5.74) is 5.54. The van der Waals surface area contributed by atoms with Crippen LogP contribution in [0.4, 0.5) is 0 Å². The minimum atomic E-state index is -0.0318. The number of imidazole rings is 1. The molecule has 18 heavy (non-hydrogen) atoms. The van der Waals surface area contributed by atoms with Crippen LogP contribution in [0.5, 0.6) is 0 Å². The lowest BCUT2D eigenvalue weighted by atomic mass is 10.4. The lowest BCUT2D eigenvalue weighted by Crippen LogP contribution is -2.21. The molecule has 0 aliphatic rings. The third-order valence-corrected chi connectivity index (χ3v) is 2.50. The predicted molar refractivity (Wildman–Crippen MR) is 64.2 cm³/mol. The second kappa shape index (κ2) is 4.86. The fourth-order valence-electron chi connectivity index (χ4n) is 1.69. The fourth-order valence-corrected chi connectivity index (χ4v) is 1.69. The van der Waals surface area contributed by atoms with Crippen molar-refractivity contribution in [2.45, 2.75) is 26.4 Å². The Balaban J connectivity index is 2.29. The molecule has 2 heterocycles. The number of rotatable bonds is 4. The van der Waals surface area contributed by atoms with E-state index in [-0.39, 0.29) is 11.9 Å². The van der Waals surface area contributed by atoms with Gasteiger partial charge in [-0.25, -0.2) is 14.6 Å². The van der Waals surface area contributed by atoms with E-state index in [1.807, 2.05) is 18.5 Å². The van der Waals surface area contributed by atoms with E-state index in [2.05, 4.69) is 20.2 Å². The van der Waals surface area contributed by atoms with Crippen LogP contribution in [-0.4, -0.2) is 35.4 Å². The smallest absolute Gasteiger partial charge is 0.206 e. The van der Waals surface area contributed by atoms with Gasteiger partial charge in [0.2, 0.25) is 5.84 Å². The molecule has 0 amide bonds. The number of nitrogens with two attached hydrogens (primary N) is 1. The van der Waals surface area contributed by atoms with E-state index in [0.29, 0.717) is 12.4 Å². The maximum atomic E-state index is 8.68. The summed E-state index contributed by atoms with van der Waals surface area (Å²) in [5.74, 6) is 1.15. The highest BCUT2D eigenvalue weighted by Gasteiger charge is 2.12. The molecule has 0 unspecified atom stereocenters. The predicted octanol–water partition coefficient (Wildman–Crippen LogP) is 0.198. The van der Waals surface area contributed by atoms with Crippen LogP contribution in [0.1, 0.15) is 31.5 Å². The van der Waals surface area contributed by atoms with E-state index < -0.39 is 0 Å². The summed E-state index contributed by atoms with van der Waals surface area (Å²) in [6.45, 7) is 4.51. The van der Waals surface area contributed by atoms with Crippen LogP contribution >= 0.6 is 0 Å². The second-order valence-corrected chi connectivity index (χ2v) is 4.08. The number of hydrogen-bond donors (Lipinski definition) is 2. The van der Waals surface area contributed by atoms with Crippen molar-refractivity contribution in [3.05, 3.63) is 30.4 Å². The zero-order valence-electron chi connectivity index (χ0n) is 10.2. The summed E-state index contributed by atoms with van der Waals surface area (Å²) in [4.78, 5) is 8.23. The molecule has 0 fully saturated rings. The Bertz CT molecular complexity index is 554. The van der Waals surface area contributed by atoms with Crippen molar-refractivity contribution in [3.63, 3.8) is 0 Å². The first-order valence-electron chi connectivity index (χ1n) is 5.51. The van der Waals surface area contributed by atoms with Crippen LogP contribution in [0.15, 0.2) is 23.9 Å². The number of aromatic nitrogens is 5. The van der Waals surface area contributed by atoms with E-state index in [4.69, 9.17) is 10.9 Å². The summed E-state index contributed by atoms with van der Waals surface area (Å²) < 4.78 is 3.56. The van der Waals surface area contributed by atoms with Crippen molar-refractivity contribution in [1.82, 2.24) is 24.3 Å². The van der Waals surface area contributed by atoms with Gasteiger partial charge < -0.3 is 15.5 Å². The Labute approximate surface area is 104 Å². The van der Waals surface area contributed by atoms with Crippen LogP contribution in [-0.2, 0) is 6.54 Å². The lowest BCUT2D eigenvalue weighted by Gasteiger charge is -2.10. The number of hydrogen-bond acceptors (Lipinski definition) is 5. The van der Waals surface area contributed by atoms with Gasteiger partial charge in [-0.05, 0) is 13.8 Å². The SMILES string of the molecule is CC(C)n1ncnc1Cn1ccnc1C(N)=NO. The largest absolute Gasteiger partial charge is 0.409 e. The molecule has 0 aromatic carbocycles. The molecule has 2 rings (SSSR count). The summed E-state index contributed by atoms with van der Waals surface area (Å²) in [6.07, 6.45) is 4.84. The topological polar surface area (TPSA) is 107 Å². The Morgan fingerprint density at radius 3 is 2.94 bits per heavy atom. The van der Waals surface area contributed by atoms with Gasteiger partial charge in [-0.1, -0.05) is 5.16 Å². The Morgan fingerprint density at radius 2 is 2.28 bits per heavy atom. The van der Waals surface area contributed by atoms with Crippen LogP contribution in [0.25, 0.3) is 0 Å². The summed E-state index contributed by atoms with van der Waals surface area (Å²) >= 11 is 0. The summed E-state index contributed by atoms with van der Waals surface area (Å²) in [6, 6.07) is 0.221. The molecule has 8 heteroatoms. The maximum Gasteiger partial charge on any atom is 0.206 e. The highest BCUT2D eigenvalue weighted by atomic mass is 16.4.